The van der Waals surface area contributed by atoms with Gasteiger partial charge < -0.3 is 9.94 Å². The zero-order valence-corrected chi connectivity index (χ0v) is 6.05. The standard InChI is InChI=1S/C6H14N2O2/c9-7-1-2-8-3-5-10-6-4-8/h7,9H,1-6H2. The van der Waals surface area contributed by atoms with E-state index in [0.29, 0.717) is 6.54 Å². The van der Waals surface area contributed by atoms with Gasteiger partial charge in [0.15, 0.2) is 0 Å². The van der Waals surface area contributed by atoms with Crippen molar-refractivity contribution in [3.8, 4) is 0 Å². The van der Waals surface area contributed by atoms with Gasteiger partial charge in [-0.15, -0.1) is 0 Å². The van der Waals surface area contributed by atoms with Crippen molar-refractivity contribution < 1.29 is 9.94 Å². The Morgan fingerprint density at radius 2 is 2.10 bits per heavy atom. The van der Waals surface area contributed by atoms with Crippen molar-refractivity contribution in [1.82, 2.24) is 10.4 Å². The summed E-state index contributed by atoms with van der Waals surface area (Å²) in [6, 6.07) is 0. The minimum atomic E-state index is 0.639. The summed E-state index contributed by atoms with van der Waals surface area (Å²) < 4.78 is 5.16. The van der Waals surface area contributed by atoms with Crippen molar-refractivity contribution in [2.75, 3.05) is 39.4 Å². The van der Waals surface area contributed by atoms with E-state index in [9.17, 15) is 0 Å². The third-order valence-corrected chi connectivity index (χ3v) is 1.64. The average Bonchev–Trinajstić information content (AvgIpc) is 2.03. The first-order chi connectivity index (χ1) is 4.93. The molecule has 0 aromatic rings. The highest BCUT2D eigenvalue weighted by Crippen LogP contribution is 1.94. The maximum Gasteiger partial charge on any atom is 0.0594 e. The molecule has 10 heavy (non-hydrogen) atoms. The first-order valence-electron chi connectivity index (χ1n) is 3.60. The molecule has 4 nitrogen and oxygen atoms in total. The molecule has 0 spiro atoms. The second kappa shape index (κ2) is 4.62. The molecule has 0 aliphatic carbocycles. The third-order valence-electron chi connectivity index (χ3n) is 1.64. The van der Waals surface area contributed by atoms with Crippen LogP contribution in [0.5, 0.6) is 0 Å². The fourth-order valence-corrected chi connectivity index (χ4v) is 1.03. The van der Waals surface area contributed by atoms with Gasteiger partial charge in [0, 0.05) is 26.2 Å². The van der Waals surface area contributed by atoms with Gasteiger partial charge in [-0.3, -0.25) is 4.90 Å². The van der Waals surface area contributed by atoms with Crippen LogP contribution in [0.15, 0.2) is 0 Å². The third kappa shape index (κ3) is 2.62. The Hall–Kier alpha value is -0.160. The summed E-state index contributed by atoms with van der Waals surface area (Å²) in [5, 5.41) is 8.29. The summed E-state index contributed by atoms with van der Waals surface area (Å²) in [6.45, 7) is 5.17. The number of rotatable bonds is 3. The summed E-state index contributed by atoms with van der Waals surface area (Å²) in [5.41, 5.74) is 2.13. The van der Waals surface area contributed by atoms with Crippen molar-refractivity contribution >= 4 is 0 Å². The van der Waals surface area contributed by atoms with E-state index in [-0.39, 0.29) is 0 Å². The summed E-state index contributed by atoms with van der Waals surface area (Å²) in [4.78, 5) is 2.26. The van der Waals surface area contributed by atoms with Crippen LogP contribution < -0.4 is 5.48 Å². The van der Waals surface area contributed by atoms with Crippen LogP contribution in [0.1, 0.15) is 0 Å². The zero-order chi connectivity index (χ0) is 7.23. The van der Waals surface area contributed by atoms with Gasteiger partial charge in [0.25, 0.3) is 0 Å². The highest BCUT2D eigenvalue weighted by atomic mass is 16.5. The van der Waals surface area contributed by atoms with Crippen LogP contribution >= 0.6 is 0 Å². The van der Waals surface area contributed by atoms with E-state index in [1.54, 1.807) is 0 Å². The molecule has 0 aromatic heterocycles. The Morgan fingerprint density at radius 3 is 2.70 bits per heavy atom. The van der Waals surface area contributed by atoms with Crippen molar-refractivity contribution in [2.45, 2.75) is 0 Å². The fraction of sp³-hybridized carbons (Fsp3) is 1.00. The molecule has 0 aromatic carbocycles. The molecule has 1 aliphatic heterocycles. The van der Waals surface area contributed by atoms with Crippen LogP contribution in [0.4, 0.5) is 0 Å². The van der Waals surface area contributed by atoms with Crippen LogP contribution in [-0.2, 0) is 4.74 Å². The van der Waals surface area contributed by atoms with Crippen LogP contribution in [0.2, 0.25) is 0 Å². The molecular weight excluding hydrogens is 132 g/mol. The molecule has 1 heterocycles. The second-order valence-electron chi connectivity index (χ2n) is 2.36. The van der Waals surface area contributed by atoms with Gasteiger partial charge in [0.05, 0.1) is 13.2 Å². The topological polar surface area (TPSA) is 44.7 Å². The normalized spacial score (nSPS) is 21.3. The molecule has 60 valence electrons. The van der Waals surface area contributed by atoms with E-state index >= 15 is 0 Å². The molecule has 0 bridgehead atoms. The number of hydrogen-bond donors (Lipinski definition) is 2. The first kappa shape index (κ1) is 7.94. The minimum absolute atomic E-state index is 0.639. The van der Waals surface area contributed by atoms with E-state index in [2.05, 4.69) is 10.4 Å². The van der Waals surface area contributed by atoms with Crippen LogP contribution in [0.3, 0.4) is 0 Å². The molecule has 0 amide bonds. The summed E-state index contributed by atoms with van der Waals surface area (Å²) >= 11 is 0. The summed E-state index contributed by atoms with van der Waals surface area (Å²) in [7, 11) is 0. The van der Waals surface area contributed by atoms with Crippen LogP contribution in [0.25, 0.3) is 0 Å². The molecule has 1 saturated heterocycles. The highest BCUT2D eigenvalue weighted by Gasteiger charge is 2.08. The average molecular weight is 146 g/mol. The molecule has 1 fully saturated rings. The van der Waals surface area contributed by atoms with Crippen LogP contribution in [-0.4, -0.2) is 49.5 Å². The van der Waals surface area contributed by atoms with E-state index in [1.165, 1.54) is 0 Å². The molecular formula is C6H14N2O2. The fourth-order valence-electron chi connectivity index (χ4n) is 1.03. The SMILES string of the molecule is ONCCN1CCOCC1. The van der Waals surface area contributed by atoms with Gasteiger partial charge >= 0.3 is 0 Å². The lowest BCUT2D eigenvalue weighted by atomic mass is 10.4. The molecule has 1 aliphatic rings. The number of nitrogens with one attached hydrogen (secondary N) is 1. The van der Waals surface area contributed by atoms with Gasteiger partial charge in [-0.1, -0.05) is 0 Å². The lowest BCUT2D eigenvalue weighted by Crippen LogP contribution is -2.39. The first-order valence-corrected chi connectivity index (χ1v) is 3.60. The quantitative estimate of drug-likeness (QED) is 0.517. The summed E-state index contributed by atoms with van der Waals surface area (Å²) in [6.07, 6.45) is 0. The van der Waals surface area contributed by atoms with Crippen molar-refractivity contribution in [3.05, 3.63) is 0 Å². The minimum Gasteiger partial charge on any atom is -0.379 e. The molecule has 0 atom stereocenters. The van der Waals surface area contributed by atoms with Gasteiger partial charge in [-0.25, -0.2) is 5.48 Å². The monoisotopic (exact) mass is 146 g/mol. The Kier molecular flexibility index (Phi) is 3.67. The van der Waals surface area contributed by atoms with Gasteiger partial charge in [-0.2, -0.15) is 0 Å². The van der Waals surface area contributed by atoms with E-state index < -0.39 is 0 Å². The van der Waals surface area contributed by atoms with Crippen LogP contribution in [0, 0.1) is 0 Å². The Labute approximate surface area is 60.7 Å². The smallest absolute Gasteiger partial charge is 0.0594 e. The zero-order valence-electron chi connectivity index (χ0n) is 6.05. The predicted molar refractivity (Wildman–Crippen MR) is 37.0 cm³/mol. The lowest BCUT2D eigenvalue weighted by molar-refractivity contribution is 0.0326. The van der Waals surface area contributed by atoms with Crippen molar-refractivity contribution in [3.63, 3.8) is 0 Å². The Balaban J connectivity index is 2.02. The van der Waals surface area contributed by atoms with E-state index in [4.69, 9.17) is 9.94 Å². The number of hydroxylamine groups is 1. The lowest BCUT2D eigenvalue weighted by Gasteiger charge is -2.25. The van der Waals surface area contributed by atoms with Crippen molar-refractivity contribution in [1.29, 1.82) is 0 Å². The maximum absolute atomic E-state index is 8.29. The molecule has 0 saturated carbocycles. The highest BCUT2D eigenvalue weighted by molar-refractivity contribution is 4.61. The second-order valence-corrected chi connectivity index (χ2v) is 2.36. The number of morpholine rings is 1. The molecule has 0 unspecified atom stereocenters. The maximum atomic E-state index is 8.29. The molecule has 0 radical (unpaired) electrons. The Bertz CT molecular complexity index is 83.8. The molecule has 4 heteroatoms. The summed E-state index contributed by atoms with van der Waals surface area (Å²) in [5.74, 6) is 0. The van der Waals surface area contributed by atoms with Gasteiger partial charge in [0.2, 0.25) is 0 Å². The molecule has 2 N–H and O–H groups in total. The Morgan fingerprint density at radius 1 is 1.40 bits per heavy atom. The predicted octanol–water partition coefficient (Wildman–Crippen LogP) is -0.703. The largest absolute Gasteiger partial charge is 0.379 e. The van der Waals surface area contributed by atoms with Crippen molar-refractivity contribution in [2.24, 2.45) is 0 Å². The van der Waals surface area contributed by atoms with E-state index in [0.717, 1.165) is 32.8 Å². The van der Waals surface area contributed by atoms with Gasteiger partial charge in [0.1, 0.15) is 0 Å². The number of nitrogens with zero attached hydrogens (tertiary/aromatic N) is 1. The van der Waals surface area contributed by atoms with E-state index in [1.807, 2.05) is 0 Å². The number of ether oxygens (including phenoxy) is 1. The van der Waals surface area contributed by atoms with Gasteiger partial charge in [-0.05, 0) is 0 Å². The number of hydrogen-bond acceptors (Lipinski definition) is 4. The molecule has 1 rings (SSSR count).